The third-order valence-electron chi connectivity index (χ3n) is 5.14. The molecule has 1 fully saturated rings. The van der Waals surface area contributed by atoms with Crippen LogP contribution in [0.1, 0.15) is 31.7 Å². The Morgan fingerprint density at radius 3 is 2.81 bits per heavy atom. The molecule has 1 aromatic carbocycles. The SMILES string of the molecule is CCOC(=O)C1CCCCN1C(=O)Cn1cc(NC(=O)Cc2ccccc2OC)cn1. The second kappa shape index (κ2) is 10.6. The number of nitrogens with one attached hydrogen (secondary N) is 1. The van der Waals surface area contributed by atoms with Gasteiger partial charge in [-0.2, -0.15) is 5.10 Å². The zero-order chi connectivity index (χ0) is 22.2. The van der Waals surface area contributed by atoms with Gasteiger partial charge in [0.25, 0.3) is 0 Å². The van der Waals surface area contributed by atoms with Gasteiger partial charge in [-0.05, 0) is 32.3 Å². The van der Waals surface area contributed by atoms with Gasteiger partial charge in [-0.1, -0.05) is 18.2 Å². The number of amides is 2. The molecule has 0 saturated carbocycles. The van der Waals surface area contributed by atoms with Crippen LogP contribution < -0.4 is 10.1 Å². The molecule has 166 valence electrons. The zero-order valence-electron chi connectivity index (χ0n) is 17.9. The van der Waals surface area contributed by atoms with Crippen molar-refractivity contribution in [1.29, 1.82) is 0 Å². The summed E-state index contributed by atoms with van der Waals surface area (Å²) in [5.74, 6) is -0.126. The molecule has 0 radical (unpaired) electrons. The lowest BCUT2D eigenvalue weighted by atomic mass is 10.0. The lowest BCUT2D eigenvalue weighted by Gasteiger charge is -2.34. The largest absolute Gasteiger partial charge is 0.496 e. The number of aromatic nitrogens is 2. The lowest BCUT2D eigenvalue weighted by molar-refractivity contribution is -0.156. The predicted molar refractivity (Wildman–Crippen MR) is 114 cm³/mol. The fourth-order valence-electron chi connectivity index (χ4n) is 3.68. The van der Waals surface area contributed by atoms with Gasteiger partial charge in [0.05, 0.1) is 32.0 Å². The molecule has 9 heteroatoms. The highest BCUT2D eigenvalue weighted by Gasteiger charge is 2.33. The van der Waals surface area contributed by atoms with Gasteiger partial charge in [-0.3, -0.25) is 14.3 Å². The Hall–Kier alpha value is -3.36. The van der Waals surface area contributed by atoms with Crippen LogP contribution in [-0.2, 0) is 32.1 Å². The molecular formula is C22H28N4O5. The quantitative estimate of drug-likeness (QED) is 0.646. The number of anilines is 1. The summed E-state index contributed by atoms with van der Waals surface area (Å²) in [5, 5.41) is 6.95. The molecule has 1 saturated heterocycles. The molecule has 0 bridgehead atoms. The summed E-state index contributed by atoms with van der Waals surface area (Å²) in [4.78, 5) is 38.9. The molecule has 2 amide bonds. The molecule has 1 aliphatic rings. The average Bonchev–Trinajstić information content (AvgIpc) is 3.20. The summed E-state index contributed by atoms with van der Waals surface area (Å²) in [6, 6.07) is 6.78. The van der Waals surface area contributed by atoms with Gasteiger partial charge in [0, 0.05) is 18.3 Å². The first kappa shape index (κ1) is 22.3. The summed E-state index contributed by atoms with van der Waals surface area (Å²) >= 11 is 0. The fourth-order valence-corrected chi connectivity index (χ4v) is 3.68. The first-order valence-corrected chi connectivity index (χ1v) is 10.4. The molecule has 1 atom stereocenters. The van der Waals surface area contributed by atoms with Gasteiger partial charge in [0.1, 0.15) is 18.3 Å². The number of methoxy groups -OCH3 is 1. The van der Waals surface area contributed by atoms with Gasteiger partial charge in [-0.15, -0.1) is 0 Å². The molecule has 9 nitrogen and oxygen atoms in total. The number of hydrogen-bond donors (Lipinski definition) is 1. The van der Waals surface area contributed by atoms with Crippen LogP contribution in [-0.4, -0.2) is 58.8 Å². The standard InChI is InChI=1S/C22H28N4O5/c1-3-31-22(29)18-9-6-7-11-26(18)21(28)15-25-14-17(13-23-25)24-20(27)12-16-8-4-5-10-19(16)30-2/h4-5,8,10,13-14,18H,3,6-7,9,11-12,15H2,1-2H3,(H,24,27). The van der Waals surface area contributed by atoms with E-state index in [0.29, 0.717) is 24.4 Å². The van der Waals surface area contributed by atoms with Crippen LogP contribution in [0.25, 0.3) is 0 Å². The fraction of sp³-hybridized carbons (Fsp3) is 0.455. The summed E-state index contributed by atoms with van der Waals surface area (Å²) in [6.45, 7) is 2.54. The molecule has 31 heavy (non-hydrogen) atoms. The van der Waals surface area contributed by atoms with Crippen molar-refractivity contribution in [2.24, 2.45) is 0 Å². The minimum absolute atomic E-state index is 0.0156. The topological polar surface area (TPSA) is 103 Å². The lowest BCUT2D eigenvalue weighted by Crippen LogP contribution is -2.49. The van der Waals surface area contributed by atoms with E-state index in [0.717, 1.165) is 18.4 Å². The van der Waals surface area contributed by atoms with E-state index in [-0.39, 0.29) is 37.4 Å². The minimum Gasteiger partial charge on any atom is -0.496 e. The Morgan fingerprint density at radius 1 is 1.23 bits per heavy atom. The van der Waals surface area contributed by atoms with Crippen LogP contribution in [0.2, 0.25) is 0 Å². The van der Waals surface area contributed by atoms with Gasteiger partial charge in [0.2, 0.25) is 11.8 Å². The van der Waals surface area contributed by atoms with E-state index in [9.17, 15) is 14.4 Å². The van der Waals surface area contributed by atoms with Crippen LogP contribution >= 0.6 is 0 Å². The average molecular weight is 428 g/mol. The first-order chi connectivity index (χ1) is 15.0. The molecule has 1 aliphatic heterocycles. The number of nitrogens with zero attached hydrogens (tertiary/aromatic N) is 3. The highest BCUT2D eigenvalue weighted by Crippen LogP contribution is 2.20. The summed E-state index contributed by atoms with van der Waals surface area (Å²) in [6.07, 6.45) is 5.59. The van der Waals surface area contributed by atoms with E-state index in [4.69, 9.17) is 9.47 Å². The van der Waals surface area contributed by atoms with E-state index in [1.54, 1.807) is 31.2 Å². The normalized spacial score (nSPS) is 15.9. The second-order valence-electron chi connectivity index (χ2n) is 7.31. The molecular weight excluding hydrogens is 400 g/mol. The van der Waals surface area contributed by atoms with Crippen molar-refractivity contribution < 1.29 is 23.9 Å². The molecule has 2 heterocycles. The maximum atomic E-state index is 12.8. The van der Waals surface area contributed by atoms with Crippen LogP contribution in [0.3, 0.4) is 0 Å². The smallest absolute Gasteiger partial charge is 0.328 e. The Morgan fingerprint density at radius 2 is 2.03 bits per heavy atom. The monoisotopic (exact) mass is 428 g/mol. The number of hydrogen-bond acceptors (Lipinski definition) is 6. The summed E-state index contributed by atoms with van der Waals surface area (Å²) in [7, 11) is 1.56. The highest BCUT2D eigenvalue weighted by atomic mass is 16.5. The van der Waals surface area contributed by atoms with Crippen molar-refractivity contribution >= 4 is 23.5 Å². The third-order valence-corrected chi connectivity index (χ3v) is 5.14. The third kappa shape index (κ3) is 5.84. The second-order valence-corrected chi connectivity index (χ2v) is 7.31. The summed E-state index contributed by atoms with van der Waals surface area (Å²) in [5.41, 5.74) is 1.27. The minimum atomic E-state index is -0.545. The number of carbonyl (C=O) groups excluding carboxylic acids is 3. The Labute approximate surface area is 181 Å². The van der Waals surface area contributed by atoms with Crippen molar-refractivity contribution in [3.05, 3.63) is 42.2 Å². The number of esters is 1. The van der Waals surface area contributed by atoms with E-state index in [2.05, 4.69) is 10.4 Å². The maximum Gasteiger partial charge on any atom is 0.328 e. The van der Waals surface area contributed by atoms with E-state index < -0.39 is 6.04 Å². The molecule has 0 aliphatic carbocycles. The number of rotatable bonds is 8. The van der Waals surface area contributed by atoms with Crippen LogP contribution in [0.4, 0.5) is 5.69 Å². The number of benzene rings is 1. The number of carbonyl (C=O) groups is 3. The maximum absolute atomic E-state index is 12.8. The Balaban J connectivity index is 1.58. The van der Waals surface area contributed by atoms with Crippen LogP contribution in [0.15, 0.2) is 36.7 Å². The number of ether oxygens (including phenoxy) is 2. The molecule has 1 aromatic heterocycles. The van der Waals surface area contributed by atoms with Crippen LogP contribution in [0, 0.1) is 0 Å². The van der Waals surface area contributed by atoms with Crippen LogP contribution in [0.5, 0.6) is 5.75 Å². The van der Waals surface area contributed by atoms with Gasteiger partial charge in [0.15, 0.2) is 0 Å². The highest BCUT2D eigenvalue weighted by molar-refractivity contribution is 5.92. The molecule has 3 rings (SSSR count). The predicted octanol–water partition coefficient (Wildman–Crippen LogP) is 2.02. The van der Waals surface area contributed by atoms with E-state index in [1.165, 1.54) is 10.9 Å². The van der Waals surface area contributed by atoms with Crippen molar-refractivity contribution in [3.8, 4) is 5.75 Å². The Kier molecular flexibility index (Phi) is 7.64. The van der Waals surface area contributed by atoms with E-state index in [1.807, 2.05) is 18.2 Å². The first-order valence-electron chi connectivity index (χ1n) is 10.4. The van der Waals surface area contributed by atoms with Crippen molar-refractivity contribution in [1.82, 2.24) is 14.7 Å². The Bertz CT molecular complexity index is 926. The number of likely N-dealkylation sites (tertiary alicyclic amines) is 1. The molecule has 1 N–H and O–H groups in total. The van der Waals surface area contributed by atoms with E-state index >= 15 is 0 Å². The van der Waals surface area contributed by atoms with Crippen molar-refractivity contribution in [2.45, 2.75) is 45.2 Å². The van der Waals surface area contributed by atoms with Crippen molar-refractivity contribution in [3.63, 3.8) is 0 Å². The molecule has 1 unspecified atom stereocenters. The number of para-hydroxylation sites is 1. The molecule has 0 spiro atoms. The molecule has 2 aromatic rings. The van der Waals surface area contributed by atoms with Crippen molar-refractivity contribution in [2.75, 3.05) is 25.6 Å². The van der Waals surface area contributed by atoms with Gasteiger partial charge >= 0.3 is 5.97 Å². The van der Waals surface area contributed by atoms with Gasteiger partial charge in [-0.25, -0.2) is 4.79 Å². The van der Waals surface area contributed by atoms with Gasteiger partial charge < -0.3 is 19.7 Å². The zero-order valence-corrected chi connectivity index (χ0v) is 17.9. The summed E-state index contributed by atoms with van der Waals surface area (Å²) < 4.78 is 11.8. The number of piperidine rings is 1.